The van der Waals surface area contributed by atoms with Gasteiger partial charge in [-0.1, -0.05) is 23.7 Å². The van der Waals surface area contributed by atoms with Gasteiger partial charge < -0.3 is 14.8 Å². The average molecular weight is 413 g/mol. The Bertz CT molecular complexity index is 1010. The molecule has 0 radical (unpaired) electrons. The Hall–Kier alpha value is -2.37. The van der Waals surface area contributed by atoms with E-state index in [9.17, 15) is 9.90 Å². The van der Waals surface area contributed by atoms with Crippen molar-refractivity contribution in [1.29, 1.82) is 0 Å². The number of halogens is 1. The number of fused-ring (bicyclic) bond motifs is 1. The number of hydrogen-bond acceptors (Lipinski definition) is 4. The molecule has 1 fully saturated rings. The van der Waals surface area contributed by atoms with Crippen LogP contribution in [0.25, 0.3) is 22.2 Å². The van der Waals surface area contributed by atoms with Gasteiger partial charge in [-0.25, -0.2) is 4.98 Å². The van der Waals surface area contributed by atoms with E-state index in [1.165, 1.54) is 0 Å². The number of rotatable bonds is 4. The Kier molecular flexibility index (Phi) is 5.36. The molecule has 0 spiro atoms. The van der Waals surface area contributed by atoms with Crippen molar-refractivity contribution < 1.29 is 14.3 Å². The summed E-state index contributed by atoms with van der Waals surface area (Å²) in [5.41, 5.74) is 2.26. The number of amides is 1. The van der Waals surface area contributed by atoms with Crippen LogP contribution in [0.15, 0.2) is 47.1 Å². The third-order valence-electron chi connectivity index (χ3n) is 5.90. The zero-order valence-electron chi connectivity index (χ0n) is 16.6. The quantitative estimate of drug-likeness (QED) is 0.577. The second-order valence-corrected chi connectivity index (χ2v) is 8.77. The summed E-state index contributed by atoms with van der Waals surface area (Å²) in [6.07, 6.45) is 5.25. The fourth-order valence-electron chi connectivity index (χ4n) is 4.15. The van der Waals surface area contributed by atoms with Crippen molar-refractivity contribution in [3.8, 4) is 11.3 Å². The Balaban J connectivity index is 1.44. The maximum Gasteiger partial charge on any atom is 0.251 e. The summed E-state index contributed by atoms with van der Waals surface area (Å²) in [5.74, 6) is 0.218. The van der Waals surface area contributed by atoms with Crippen LogP contribution in [0.2, 0.25) is 5.15 Å². The van der Waals surface area contributed by atoms with Crippen LogP contribution in [0.5, 0.6) is 0 Å². The van der Waals surface area contributed by atoms with Crippen molar-refractivity contribution in [2.75, 3.05) is 0 Å². The molecule has 3 aromatic rings. The maximum absolute atomic E-state index is 12.7. The topological polar surface area (TPSA) is 75.4 Å². The second kappa shape index (κ2) is 7.81. The predicted molar refractivity (Wildman–Crippen MR) is 114 cm³/mol. The van der Waals surface area contributed by atoms with Gasteiger partial charge in [-0.05, 0) is 63.6 Å². The number of benzene rings is 1. The van der Waals surface area contributed by atoms with Crippen LogP contribution in [0.3, 0.4) is 0 Å². The molecule has 1 saturated carbocycles. The highest BCUT2D eigenvalue weighted by molar-refractivity contribution is 6.30. The summed E-state index contributed by atoms with van der Waals surface area (Å²) in [7, 11) is 0. The van der Waals surface area contributed by atoms with E-state index in [1.807, 2.05) is 44.2 Å². The van der Waals surface area contributed by atoms with E-state index in [4.69, 9.17) is 16.0 Å². The normalized spacial score (nSPS) is 20.0. The molecule has 1 aromatic carbocycles. The van der Waals surface area contributed by atoms with Crippen molar-refractivity contribution in [2.24, 2.45) is 5.92 Å². The number of furan rings is 1. The zero-order valence-corrected chi connectivity index (χ0v) is 17.4. The second-order valence-electron chi connectivity index (χ2n) is 8.38. The summed E-state index contributed by atoms with van der Waals surface area (Å²) in [5, 5.41) is 14.6. The molecule has 4 rings (SSSR count). The van der Waals surface area contributed by atoms with E-state index in [-0.39, 0.29) is 11.9 Å². The molecule has 0 unspecified atom stereocenters. The number of nitrogens with zero attached hydrogens (tertiary/aromatic N) is 1. The minimum Gasteiger partial charge on any atom is -0.464 e. The molecule has 2 heterocycles. The summed E-state index contributed by atoms with van der Waals surface area (Å²) >= 11 is 6.11. The lowest BCUT2D eigenvalue weighted by atomic mass is 9.77. The van der Waals surface area contributed by atoms with Gasteiger partial charge in [0, 0.05) is 28.6 Å². The number of nitrogens with one attached hydrogen (secondary N) is 1. The van der Waals surface area contributed by atoms with Gasteiger partial charge in [0.15, 0.2) is 0 Å². The maximum atomic E-state index is 12.7. The lowest BCUT2D eigenvalue weighted by molar-refractivity contribution is -0.00257. The summed E-state index contributed by atoms with van der Waals surface area (Å²) in [6, 6.07) is 11.1. The smallest absolute Gasteiger partial charge is 0.251 e. The van der Waals surface area contributed by atoms with Gasteiger partial charge in [0.25, 0.3) is 5.91 Å². The van der Waals surface area contributed by atoms with Crippen LogP contribution >= 0.6 is 11.6 Å². The third-order valence-corrected chi connectivity index (χ3v) is 6.09. The number of carbonyl (C=O) groups is 1. The monoisotopic (exact) mass is 412 g/mol. The van der Waals surface area contributed by atoms with E-state index in [2.05, 4.69) is 10.3 Å². The summed E-state index contributed by atoms with van der Waals surface area (Å²) in [6.45, 7) is 3.73. The van der Waals surface area contributed by atoms with E-state index in [0.29, 0.717) is 22.2 Å². The van der Waals surface area contributed by atoms with Crippen LogP contribution in [-0.4, -0.2) is 27.6 Å². The van der Waals surface area contributed by atoms with E-state index in [0.717, 1.165) is 42.3 Å². The Morgan fingerprint density at radius 1 is 1.17 bits per heavy atom. The van der Waals surface area contributed by atoms with Crippen molar-refractivity contribution in [3.05, 3.63) is 53.4 Å². The first kappa shape index (κ1) is 19.9. The van der Waals surface area contributed by atoms with Crippen LogP contribution in [0.1, 0.15) is 49.9 Å². The molecule has 1 aliphatic carbocycles. The van der Waals surface area contributed by atoms with Crippen LogP contribution in [0.4, 0.5) is 0 Å². The fourth-order valence-corrected chi connectivity index (χ4v) is 4.33. The average Bonchev–Trinajstić information content (AvgIpc) is 3.15. The molecule has 2 N–H and O–H groups in total. The largest absolute Gasteiger partial charge is 0.464 e. The first-order chi connectivity index (χ1) is 13.8. The highest BCUT2D eigenvalue weighted by Gasteiger charge is 2.31. The Morgan fingerprint density at radius 2 is 1.86 bits per heavy atom. The molecule has 0 bridgehead atoms. The molecule has 29 heavy (non-hydrogen) atoms. The molecule has 1 amide bonds. The molecule has 0 aliphatic heterocycles. The van der Waals surface area contributed by atoms with Crippen LogP contribution in [-0.2, 0) is 0 Å². The number of aromatic nitrogens is 1. The molecular formula is C23H25ClN2O3. The molecule has 2 aromatic heterocycles. The molecular weight excluding hydrogens is 388 g/mol. The van der Waals surface area contributed by atoms with Gasteiger partial charge in [0.05, 0.1) is 17.6 Å². The molecule has 5 nitrogen and oxygen atoms in total. The van der Waals surface area contributed by atoms with Crippen LogP contribution in [0, 0.1) is 5.92 Å². The summed E-state index contributed by atoms with van der Waals surface area (Å²) < 4.78 is 5.43. The van der Waals surface area contributed by atoms with Gasteiger partial charge >= 0.3 is 0 Å². The Morgan fingerprint density at radius 3 is 2.52 bits per heavy atom. The lowest BCUT2D eigenvalue weighted by Gasteiger charge is -2.36. The van der Waals surface area contributed by atoms with E-state index in [1.54, 1.807) is 12.3 Å². The Labute approximate surface area is 175 Å². The molecule has 0 saturated heterocycles. The minimum atomic E-state index is -0.653. The van der Waals surface area contributed by atoms with Gasteiger partial charge in [0.2, 0.25) is 0 Å². The van der Waals surface area contributed by atoms with Crippen molar-refractivity contribution in [2.45, 2.75) is 51.2 Å². The van der Waals surface area contributed by atoms with Gasteiger partial charge in [-0.3, -0.25) is 4.79 Å². The molecule has 152 valence electrons. The third kappa shape index (κ3) is 4.31. The first-order valence-electron chi connectivity index (χ1n) is 9.98. The molecule has 6 heteroatoms. The van der Waals surface area contributed by atoms with Crippen molar-refractivity contribution >= 4 is 28.5 Å². The number of hydrogen-bond donors (Lipinski definition) is 2. The number of carbonyl (C=O) groups excluding carboxylic acids is 1. The highest BCUT2D eigenvalue weighted by atomic mass is 35.5. The van der Waals surface area contributed by atoms with E-state index < -0.39 is 5.60 Å². The first-order valence-corrected chi connectivity index (χ1v) is 10.4. The van der Waals surface area contributed by atoms with E-state index >= 15 is 0 Å². The van der Waals surface area contributed by atoms with Crippen molar-refractivity contribution in [1.82, 2.24) is 10.3 Å². The zero-order chi connectivity index (χ0) is 20.6. The number of pyridine rings is 1. The fraction of sp³-hybridized carbons (Fsp3) is 0.391. The standard InChI is InChI=1S/C23H25ClN2O3/c1-23(2,28)16-7-9-17(10-8-16)25-22(27)15-5-3-14(4-6-15)21-18-11-12-29-19(18)13-20(24)26-21/h3-6,11-13,16-17,28H,7-10H2,1-2H3,(H,25,27). The van der Waals surface area contributed by atoms with Gasteiger partial charge in [0.1, 0.15) is 10.7 Å². The van der Waals surface area contributed by atoms with Gasteiger partial charge in [-0.2, -0.15) is 0 Å². The SMILES string of the molecule is CC(C)(O)C1CCC(NC(=O)c2ccc(-c3nc(Cl)cc4occc34)cc2)CC1. The number of aliphatic hydroxyl groups is 1. The minimum absolute atomic E-state index is 0.0734. The predicted octanol–water partition coefficient (Wildman–Crippen LogP) is 5.21. The van der Waals surface area contributed by atoms with Gasteiger partial charge in [-0.15, -0.1) is 0 Å². The van der Waals surface area contributed by atoms with Crippen LogP contribution < -0.4 is 5.32 Å². The summed E-state index contributed by atoms with van der Waals surface area (Å²) in [4.78, 5) is 17.1. The highest BCUT2D eigenvalue weighted by Crippen LogP contribution is 2.33. The lowest BCUT2D eigenvalue weighted by Crippen LogP contribution is -2.41. The molecule has 1 aliphatic rings. The van der Waals surface area contributed by atoms with Crippen molar-refractivity contribution in [3.63, 3.8) is 0 Å². The molecule has 0 atom stereocenters.